The summed E-state index contributed by atoms with van der Waals surface area (Å²) in [6, 6.07) is 0. The van der Waals surface area contributed by atoms with E-state index in [2.05, 4.69) is 0 Å². The smallest absolute Gasteiger partial charge is 0.225 e. The summed E-state index contributed by atoms with van der Waals surface area (Å²) < 4.78 is 22.4. The predicted molar refractivity (Wildman–Crippen MR) is 66.4 cm³/mol. The van der Waals surface area contributed by atoms with Crippen LogP contribution in [-0.2, 0) is 14.6 Å². The molecular weight excluding hydrogens is 238 g/mol. The van der Waals surface area contributed by atoms with Crippen molar-refractivity contribution in [1.29, 1.82) is 0 Å². The molecule has 0 aromatic rings. The van der Waals surface area contributed by atoms with E-state index in [9.17, 15) is 13.2 Å². The highest BCUT2D eigenvalue weighted by Gasteiger charge is 2.32. The van der Waals surface area contributed by atoms with E-state index < -0.39 is 9.84 Å². The molecule has 0 radical (unpaired) electrons. The first kappa shape index (κ1) is 12.9. The molecule has 0 bridgehead atoms. The van der Waals surface area contributed by atoms with Crippen molar-refractivity contribution in [3.63, 3.8) is 0 Å². The summed E-state index contributed by atoms with van der Waals surface area (Å²) >= 11 is 0. The molecule has 0 N–H and O–H groups in total. The fourth-order valence-corrected chi connectivity index (χ4v) is 3.85. The highest BCUT2D eigenvalue weighted by atomic mass is 32.2. The van der Waals surface area contributed by atoms with E-state index in [1.54, 1.807) is 0 Å². The second-order valence-electron chi connectivity index (χ2n) is 5.49. The first-order valence-corrected chi connectivity index (χ1v) is 8.48. The van der Waals surface area contributed by atoms with Crippen molar-refractivity contribution in [3.05, 3.63) is 0 Å². The first-order chi connectivity index (χ1) is 7.96. The molecule has 5 heteroatoms. The number of hydrogen-bond donors (Lipinski definition) is 0. The molecule has 0 aromatic carbocycles. The largest absolute Gasteiger partial charge is 0.342 e. The van der Waals surface area contributed by atoms with Crippen LogP contribution >= 0.6 is 0 Å². The molecule has 2 rings (SSSR count). The topological polar surface area (TPSA) is 54.5 Å². The Bertz CT molecular complexity index is 379. The van der Waals surface area contributed by atoms with Crippen LogP contribution in [-0.4, -0.2) is 44.3 Å². The maximum Gasteiger partial charge on any atom is 0.225 e. The molecule has 1 heterocycles. The van der Waals surface area contributed by atoms with Crippen LogP contribution in [0.5, 0.6) is 0 Å². The lowest BCUT2D eigenvalue weighted by atomic mass is 9.83. The number of sulfone groups is 1. The van der Waals surface area contributed by atoms with Gasteiger partial charge in [0.15, 0.2) is 0 Å². The number of rotatable bonds is 3. The van der Waals surface area contributed by atoms with Crippen LogP contribution in [0.15, 0.2) is 0 Å². The molecule has 1 amide bonds. The predicted octanol–water partition coefficient (Wildman–Crippen LogP) is 1.07. The molecule has 0 unspecified atom stereocenters. The summed E-state index contributed by atoms with van der Waals surface area (Å²) in [6.45, 7) is 1.49. The third kappa shape index (κ3) is 3.44. The lowest BCUT2D eigenvalue weighted by Crippen LogP contribution is -2.44. The number of hydrogen-bond acceptors (Lipinski definition) is 3. The Morgan fingerprint density at radius 3 is 2.18 bits per heavy atom. The Morgan fingerprint density at radius 2 is 1.76 bits per heavy atom. The van der Waals surface area contributed by atoms with Gasteiger partial charge in [0.2, 0.25) is 5.91 Å². The molecule has 1 aliphatic heterocycles. The summed E-state index contributed by atoms with van der Waals surface area (Å²) in [5.41, 5.74) is 0. The first-order valence-electron chi connectivity index (χ1n) is 6.42. The van der Waals surface area contributed by atoms with E-state index in [1.807, 2.05) is 4.90 Å². The van der Waals surface area contributed by atoms with Gasteiger partial charge in [-0.25, -0.2) is 8.42 Å². The maximum absolute atomic E-state index is 12.0. The molecule has 0 aromatic heterocycles. The Labute approximate surface area is 103 Å². The van der Waals surface area contributed by atoms with E-state index in [1.165, 1.54) is 12.7 Å². The Morgan fingerprint density at radius 1 is 1.18 bits per heavy atom. The molecule has 17 heavy (non-hydrogen) atoms. The lowest BCUT2D eigenvalue weighted by Gasteiger charge is -2.36. The van der Waals surface area contributed by atoms with Gasteiger partial charge in [0, 0.05) is 25.3 Å². The monoisotopic (exact) mass is 259 g/mol. The second-order valence-corrected chi connectivity index (χ2v) is 7.67. The third-order valence-electron chi connectivity index (χ3n) is 3.92. The number of likely N-dealkylation sites (tertiary alicyclic amines) is 1. The molecule has 0 spiro atoms. The van der Waals surface area contributed by atoms with Gasteiger partial charge in [-0.2, -0.15) is 0 Å². The maximum atomic E-state index is 12.0. The molecule has 1 saturated heterocycles. The van der Waals surface area contributed by atoms with Crippen molar-refractivity contribution in [2.45, 2.75) is 32.1 Å². The third-order valence-corrected chi connectivity index (χ3v) is 5.00. The second kappa shape index (κ2) is 4.96. The van der Waals surface area contributed by atoms with Gasteiger partial charge in [0.1, 0.15) is 9.84 Å². The Kier molecular flexibility index (Phi) is 3.76. The summed E-state index contributed by atoms with van der Waals surface area (Å²) in [4.78, 5) is 13.9. The van der Waals surface area contributed by atoms with Gasteiger partial charge in [-0.15, -0.1) is 0 Å². The number of carbonyl (C=O) groups excluding carboxylic acids is 1. The van der Waals surface area contributed by atoms with Gasteiger partial charge in [0.25, 0.3) is 0 Å². The van der Waals surface area contributed by atoms with Gasteiger partial charge in [-0.05, 0) is 31.6 Å². The Balaban J connectivity index is 1.79. The highest BCUT2D eigenvalue weighted by Crippen LogP contribution is 2.30. The van der Waals surface area contributed by atoms with Crippen LogP contribution in [0.3, 0.4) is 0 Å². The number of carbonyl (C=O) groups is 1. The van der Waals surface area contributed by atoms with E-state index in [-0.39, 0.29) is 17.6 Å². The van der Waals surface area contributed by atoms with Crippen LogP contribution in [0.2, 0.25) is 0 Å². The van der Waals surface area contributed by atoms with E-state index >= 15 is 0 Å². The zero-order valence-corrected chi connectivity index (χ0v) is 11.2. The van der Waals surface area contributed by atoms with Crippen molar-refractivity contribution in [3.8, 4) is 0 Å². The lowest BCUT2D eigenvalue weighted by molar-refractivity contribution is -0.139. The number of piperidine rings is 1. The van der Waals surface area contributed by atoms with Crippen molar-refractivity contribution in [1.82, 2.24) is 4.90 Å². The van der Waals surface area contributed by atoms with Crippen LogP contribution in [0.25, 0.3) is 0 Å². The standard InChI is InChI=1S/C12H21NO3S/c1-17(15,16)9-10-5-7-13(8-6-10)12(14)11-3-2-4-11/h10-11H,2-9H2,1H3. The number of amides is 1. The molecule has 4 nitrogen and oxygen atoms in total. The van der Waals surface area contributed by atoms with Gasteiger partial charge in [-0.1, -0.05) is 6.42 Å². The van der Waals surface area contributed by atoms with Crippen LogP contribution in [0.4, 0.5) is 0 Å². The van der Waals surface area contributed by atoms with Crippen molar-refractivity contribution >= 4 is 15.7 Å². The summed E-state index contributed by atoms with van der Waals surface area (Å²) in [7, 11) is -2.87. The van der Waals surface area contributed by atoms with Crippen LogP contribution < -0.4 is 0 Å². The average molecular weight is 259 g/mol. The van der Waals surface area contributed by atoms with Crippen LogP contribution in [0, 0.1) is 11.8 Å². The molecule has 1 saturated carbocycles. The van der Waals surface area contributed by atoms with Gasteiger partial charge >= 0.3 is 0 Å². The van der Waals surface area contributed by atoms with E-state index in [0.29, 0.717) is 5.91 Å². The zero-order valence-electron chi connectivity index (χ0n) is 10.4. The number of nitrogens with zero attached hydrogens (tertiary/aromatic N) is 1. The van der Waals surface area contributed by atoms with Gasteiger partial charge < -0.3 is 4.90 Å². The van der Waals surface area contributed by atoms with Gasteiger partial charge in [0.05, 0.1) is 5.75 Å². The summed E-state index contributed by atoms with van der Waals surface area (Å²) in [6.07, 6.45) is 6.24. The summed E-state index contributed by atoms with van der Waals surface area (Å²) in [5, 5.41) is 0. The minimum absolute atomic E-state index is 0.246. The molecule has 2 fully saturated rings. The van der Waals surface area contributed by atoms with E-state index in [4.69, 9.17) is 0 Å². The molecule has 0 atom stereocenters. The Hall–Kier alpha value is -0.580. The molecule has 2 aliphatic rings. The summed E-state index contributed by atoms with van der Waals surface area (Å²) in [5.74, 6) is 1.09. The van der Waals surface area contributed by atoms with Gasteiger partial charge in [-0.3, -0.25) is 4.79 Å². The fourth-order valence-electron chi connectivity index (χ4n) is 2.66. The SMILES string of the molecule is CS(=O)(=O)CC1CCN(C(=O)C2CCC2)CC1. The zero-order chi connectivity index (χ0) is 12.5. The van der Waals surface area contributed by atoms with Crippen molar-refractivity contribution in [2.24, 2.45) is 11.8 Å². The molecule has 98 valence electrons. The van der Waals surface area contributed by atoms with Crippen LogP contribution in [0.1, 0.15) is 32.1 Å². The van der Waals surface area contributed by atoms with Crippen molar-refractivity contribution < 1.29 is 13.2 Å². The molecular formula is C12H21NO3S. The minimum atomic E-state index is -2.87. The molecule has 1 aliphatic carbocycles. The highest BCUT2D eigenvalue weighted by molar-refractivity contribution is 7.90. The van der Waals surface area contributed by atoms with Crippen molar-refractivity contribution in [2.75, 3.05) is 25.1 Å². The minimum Gasteiger partial charge on any atom is -0.342 e. The fraction of sp³-hybridized carbons (Fsp3) is 0.917. The average Bonchev–Trinajstić information content (AvgIpc) is 2.13. The van der Waals surface area contributed by atoms with E-state index in [0.717, 1.165) is 38.8 Å². The quantitative estimate of drug-likeness (QED) is 0.762. The normalized spacial score (nSPS) is 23.5.